The van der Waals surface area contributed by atoms with Gasteiger partial charge in [0.25, 0.3) is 0 Å². The van der Waals surface area contributed by atoms with Crippen molar-refractivity contribution in [3.8, 4) is 39.4 Å². The first kappa shape index (κ1) is 21.9. The number of piperazine rings is 1. The van der Waals surface area contributed by atoms with Crippen LogP contribution in [-0.4, -0.2) is 61.8 Å². The van der Waals surface area contributed by atoms with Gasteiger partial charge in [-0.1, -0.05) is 12.1 Å². The average molecular weight is 493 g/mol. The normalized spacial score (nSPS) is 19.2. The molecular formula is C29H25FN6O. The molecule has 2 atom stereocenters. The molecule has 5 heterocycles. The second kappa shape index (κ2) is 8.38. The minimum Gasteiger partial charge on any atom is -0.508 e. The molecule has 184 valence electrons. The SMILES string of the molecule is CN1CC2CC1CN2c1ccc(-c2ccnc3c(-c4cccc(O)c4)c(-c4ccncc4)nn23)c(F)c1. The number of hydrogen-bond donors (Lipinski definition) is 1. The highest BCUT2D eigenvalue weighted by molar-refractivity contribution is 5.91. The molecule has 2 unspecified atom stereocenters. The number of phenolic OH excluding ortho intramolecular Hbond substituents is 1. The van der Waals surface area contributed by atoms with E-state index in [4.69, 9.17) is 5.10 Å². The molecule has 0 amide bonds. The number of phenols is 1. The molecule has 2 aliphatic rings. The lowest BCUT2D eigenvalue weighted by atomic mass is 10.0. The van der Waals surface area contributed by atoms with Crippen LogP contribution in [0.2, 0.25) is 0 Å². The fraction of sp³-hybridized carbons (Fsp3) is 0.207. The van der Waals surface area contributed by atoms with E-state index in [-0.39, 0.29) is 11.6 Å². The van der Waals surface area contributed by atoms with Crippen molar-refractivity contribution in [3.05, 3.63) is 85.1 Å². The van der Waals surface area contributed by atoms with Crippen LogP contribution in [-0.2, 0) is 0 Å². The number of nitrogens with zero attached hydrogens (tertiary/aromatic N) is 6. The molecule has 2 bridgehead atoms. The summed E-state index contributed by atoms with van der Waals surface area (Å²) < 4.78 is 17.4. The van der Waals surface area contributed by atoms with Gasteiger partial charge < -0.3 is 10.0 Å². The molecule has 5 aromatic rings. The lowest BCUT2D eigenvalue weighted by Gasteiger charge is -2.33. The summed E-state index contributed by atoms with van der Waals surface area (Å²) in [5, 5.41) is 15.1. The number of aromatic nitrogens is 4. The van der Waals surface area contributed by atoms with Gasteiger partial charge in [0.15, 0.2) is 5.65 Å². The molecule has 0 aliphatic carbocycles. The number of pyridine rings is 1. The van der Waals surface area contributed by atoms with E-state index in [1.165, 1.54) is 0 Å². The van der Waals surface area contributed by atoms with Gasteiger partial charge >= 0.3 is 0 Å². The van der Waals surface area contributed by atoms with Crippen LogP contribution in [0.1, 0.15) is 6.42 Å². The highest BCUT2D eigenvalue weighted by atomic mass is 19.1. The van der Waals surface area contributed by atoms with Crippen molar-refractivity contribution in [2.75, 3.05) is 25.0 Å². The van der Waals surface area contributed by atoms with E-state index in [1.54, 1.807) is 53.4 Å². The van der Waals surface area contributed by atoms with Crippen LogP contribution in [0.5, 0.6) is 5.75 Å². The molecule has 7 nitrogen and oxygen atoms in total. The Morgan fingerprint density at radius 2 is 1.78 bits per heavy atom. The molecule has 8 heteroatoms. The first-order valence-corrected chi connectivity index (χ1v) is 12.4. The summed E-state index contributed by atoms with van der Waals surface area (Å²) in [5.74, 6) is -0.141. The Balaban J connectivity index is 1.37. The van der Waals surface area contributed by atoms with Crippen LogP contribution in [0.15, 0.2) is 79.3 Å². The van der Waals surface area contributed by atoms with Crippen molar-refractivity contribution in [1.82, 2.24) is 24.5 Å². The van der Waals surface area contributed by atoms with Crippen molar-refractivity contribution in [2.24, 2.45) is 0 Å². The molecular weight excluding hydrogens is 467 g/mol. The highest BCUT2D eigenvalue weighted by Crippen LogP contribution is 2.39. The molecule has 2 aliphatic heterocycles. The Morgan fingerprint density at radius 1 is 0.919 bits per heavy atom. The molecule has 37 heavy (non-hydrogen) atoms. The van der Waals surface area contributed by atoms with E-state index in [1.807, 2.05) is 30.3 Å². The maximum Gasteiger partial charge on any atom is 0.164 e. The second-order valence-corrected chi connectivity index (χ2v) is 9.87. The first-order valence-electron chi connectivity index (χ1n) is 12.4. The van der Waals surface area contributed by atoms with Gasteiger partial charge in [0.05, 0.1) is 11.3 Å². The largest absolute Gasteiger partial charge is 0.508 e. The maximum atomic E-state index is 15.7. The number of rotatable bonds is 4. The predicted molar refractivity (Wildman–Crippen MR) is 141 cm³/mol. The van der Waals surface area contributed by atoms with Crippen molar-refractivity contribution in [3.63, 3.8) is 0 Å². The zero-order valence-corrected chi connectivity index (χ0v) is 20.3. The van der Waals surface area contributed by atoms with Crippen LogP contribution < -0.4 is 4.90 Å². The fourth-order valence-corrected chi connectivity index (χ4v) is 5.86. The molecule has 0 spiro atoms. The van der Waals surface area contributed by atoms with Crippen molar-refractivity contribution >= 4 is 11.3 Å². The highest BCUT2D eigenvalue weighted by Gasteiger charge is 2.41. The summed E-state index contributed by atoms with van der Waals surface area (Å²) in [7, 11) is 2.16. The number of likely N-dealkylation sites (tertiary alicyclic amines) is 1. The quantitative estimate of drug-likeness (QED) is 0.386. The topological polar surface area (TPSA) is 69.8 Å². The average Bonchev–Trinajstić information content (AvgIpc) is 3.61. The summed E-state index contributed by atoms with van der Waals surface area (Å²) in [6.45, 7) is 1.95. The maximum absolute atomic E-state index is 15.7. The zero-order chi connectivity index (χ0) is 25.1. The van der Waals surface area contributed by atoms with E-state index >= 15 is 4.39 Å². The molecule has 1 N–H and O–H groups in total. The van der Waals surface area contributed by atoms with E-state index in [2.05, 4.69) is 26.8 Å². The Labute approximate surface area is 213 Å². The Kier molecular flexibility index (Phi) is 4.97. The lowest BCUT2D eigenvalue weighted by molar-refractivity contribution is 0.292. The molecule has 3 aromatic heterocycles. The monoisotopic (exact) mass is 492 g/mol. The molecule has 2 aromatic carbocycles. The summed E-state index contributed by atoms with van der Waals surface area (Å²) in [5.41, 5.74) is 5.65. The van der Waals surface area contributed by atoms with Gasteiger partial charge in [-0.2, -0.15) is 5.10 Å². The van der Waals surface area contributed by atoms with Gasteiger partial charge in [-0.3, -0.25) is 9.88 Å². The van der Waals surface area contributed by atoms with Gasteiger partial charge in [0.1, 0.15) is 17.3 Å². The molecule has 0 radical (unpaired) electrons. The zero-order valence-electron chi connectivity index (χ0n) is 20.3. The minimum atomic E-state index is -0.291. The van der Waals surface area contributed by atoms with Crippen LogP contribution in [0.25, 0.3) is 39.3 Å². The summed E-state index contributed by atoms with van der Waals surface area (Å²) >= 11 is 0. The number of benzene rings is 2. The van der Waals surface area contributed by atoms with Gasteiger partial charge in [0.2, 0.25) is 0 Å². The minimum absolute atomic E-state index is 0.150. The van der Waals surface area contributed by atoms with Crippen LogP contribution in [0.4, 0.5) is 10.1 Å². The van der Waals surface area contributed by atoms with E-state index < -0.39 is 0 Å². The van der Waals surface area contributed by atoms with Gasteiger partial charge in [0, 0.05) is 60.6 Å². The fourth-order valence-electron chi connectivity index (χ4n) is 5.86. The van der Waals surface area contributed by atoms with Gasteiger partial charge in [-0.25, -0.2) is 13.9 Å². The number of hydrogen-bond acceptors (Lipinski definition) is 6. The van der Waals surface area contributed by atoms with Crippen molar-refractivity contribution < 1.29 is 9.50 Å². The Morgan fingerprint density at radius 3 is 2.51 bits per heavy atom. The molecule has 2 fully saturated rings. The lowest BCUT2D eigenvalue weighted by Crippen LogP contribution is -2.44. The third-order valence-corrected chi connectivity index (χ3v) is 7.68. The van der Waals surface area contributed by atoms with Gasteiger partial charge in [-0.05, 0) is 67.6 Å². The summed E-state index contributed by atoms with van der Waals surface area (Å²) in [6, 6.07) is 19.0. The number of anilines is 1. The third-order valence-electron chi connectivity index (χ3n) is 7.68. The van der Waals surface area contributed by atoms with Crippen LogP contribution in [0.3, 0.4) is 0 Å². The smallest absolute Gasteiger partial charge is 0.164 e. The Bertz CT molecular complexity index is 1630. The standard InChI is InChI=1S/C29H25FN6O/c1-34-16-22-14-21(34)17-35(22)20-5-6-24(25(30)15-20)26-9-12-32-29-27(19-3-2-4-23(37)13-19)28(33-36(26)29)18-7-10-31-11-8-18/h2-13,15,21-22,37H,14,16-17H2,1H3. The first-order chi connectivity index (χ1) is 18.1. The predicted octanol–water partition coefficient (Wildman–Crippen LogP) is 4.86. The molecule has 2 saturated heterocycles. The van der Waals surface area contributed by atoms with Crippen molar-refractivity contribution in [1.29, 1.82) is 0 Å². The van der Waals surface area contributed by atoms with Gasteiger partial charge in [-0.15, -0.1) is 0 Å². The van der Waals surface area contributed by atoms with Crippen molar-refractivity contribution in [2.45, 2.75) is 18.5 Å². The molecule has 7 rings (SSSR count). The Hall–Kier alpha value is -4.30. The van der Waals surface area contributed by atoms with E-state index in [0.717, 1.165) is 41.9 Å². The summed E-state index contributed by atoms with van der Waals surface area (Å²) in [4.78, 5) is 13.5. The summed E-state index contributed by atoms with van der Waals surface area (Å²) in [6.07, 6.45) is 6.23. The number of aromatic hydroxyl groups is 1. The van der Waals surface area contributed by atoms with Crippen LogP contribution >= 0.6 is 0 Å². The number of likely N-dealkylation sites (N-methyl/N-ethyl adjacent to an activating group) is 1. The van der Waals surface area contributed by atoms with E-state index in [9.17, 15) is 5.11 Å². The third kappa shape index (κ3) is 3.55. The van der Waals surface area contributed by atoms with Crippen LogP contribution in [0, 0.1) is 5.82 Å². The number of halogens is 1. The molecule has 0 saturated carbocycles. The number of fused-ring (bicyclic) bond motifs is 3. The van der Waals surface area contributed by atoms with E-state index in [0.29, 0.717) is 34.7 Å². The second-order valence-electron chi connectivity index (χ2n) is 9.87.